The van der Waals surface area contributed by atoms with Crippen molar-refractivity contribution >= 4 is 11.9 Å². The summed E-state index contributed by atoms with van der Waals surface area (Å²) in [6, 6.07) is 8.09. The number of nitrogens with two attached hydrogens (primary N) is 1. The van der Waals surface area contributed by atoms with E-state index in [-0.39, 0.29) is 6.61 Å². The molecule has 2 atom stereocenters. The largest absolute Gasteiger partial charge is 0.484 e. The average Bonchev–Trinajstić information content (AvgIpc) is 2.57. The summed E-state index contributed by atoms with van der Waals surface area (Å²) < 4.78 is 5.33. The van der Waals surface area contributed by atoms with E-state index in [4.69, 9.17) is 10.5 Å². The van der Waals surface area contributed by atoms with Gasteiger partial charge in [0.05, 0.1) is 0 Å². The van der Waals surface area contributed by atoms with Crippen LogP contribution in [-0.2, 0) is 11.3 Å². The van der Waals surface area contributed by atoms with Gasteiger partial charge in [-0.05, 0) is 36.5 Å². The van der Waals surface area contributed by atoms with E-state index in [0.717, 1.165) is 17.4 Å². The number of hydrogen-bond acceptors (Lipinski definition) is 3. The Labute approximate surface area is 143 Å². The molecule has 1 amide bonds. The molecule has 0 radical (unpaired) electrons. The van der Waals surface area contributed by atoms with Gasteiger partial charge in [-0.25, -0.2) is 0 Å². The molecule has 0 spiro atoms. The molecule has 132 valence electrons. The third-order valence-corrected chi connectivity index (χ3v) is 4.24. The standard InChI is InChI=1S/C18H28N4O2/c1-13-5-3-7-15(9-13)22-18(20-2)21-11-14-6-4-8-16(10-14)24-12-17(19)23/h4,6,8,10,13,15H,3,5,7,9,11-12H2,1-2H3,(H2,19,23)(H2,20,21,22). The number of ether oxygens (including phenoxy) is 1. The van der Waals surface area contributed by atoms with E-state index in [0.29, 0.717) is 18.3 Å². The minimum Gasteiger partial charge on any atom is -0.484 e. The van der Waals surface area contributed by atoms with E-state index in [1.807, 2.05) is 24.3 Å². The molecule has 6 heteroatoms. The molecule has 4 N–H and O–H groups in total. The van der Waals surface area contributed by atoms with Crippen LogP contribution in [-0.4, -0.2) is 31.6 Å². The van der Waals surface area contributed by atoms with Crippen molar-refractivity contribution in [2.45, 2.75) is 45.2 Å². The molecule has 24 heavy (non-hydrogen) atoms. The first-order chi connectivity index (χ1) is 11.6. The molecule has 0 saturated heterocycles. The van der Waals surface area contributed by atoms with Crippen molar-refractivity contribution in [2.75, 3.05) is 13.7 Å². The summed E-state index contributed by atoms with van der Waals surface area (Å²) in [6.07, 6.45) is 4.98. The Bertz CT molecular complexity index is 574. The molecule has 1 aliphatic rings. The number of carbonyl (C=O) groups is 1. The molecule has 1 aromatic rings. The van der Waals surface area contributed by atoms with Crippen molar-refractivity contribution in [1.29, 1.82) is 0 Å². The number of guanidine groups is 1. The lowest BCUT2D eigenvalue weighted by Gasteiger charge is -2.28. The van der Waals surface area contributed by atoms with Crippen LogP contribution in [0.3, 0.4) is 0 Å². The fraction of sp³-hybridized carbons (Fsp3) is 0.556. The predicted octanol–water partition coefficient (Wildman–Crippen LogP) is 1.79. The van der Waals surface area contributed by atoms with Crippen molar-refractivity contribution in [2.24, 2.45) is 16.6 Å². The zero-order valence-electron chi connectivity index (χ0n) is 14.5. The third-order valence-electron chi connectivity index (χ3n) is 4.24. The summed E-state index contributed by atoms with van der Waals surface area (Å²) in [5, 5.41) is 6.84. The van der Waals surface area contributed by atoms with E-state index in [1.165, 1.54) is 25.7 Å². The number of nitrogens with zero attached hydrogens (tertiary/aromatic N) is 1. The Hall–Kier alpha value is -2.24. The second kappa shape index (κ2) is 9.15. The number of hydrogen-bond donors (Lipinski definition) is 3. The second-order valence-electron chi connectivity index (χ2n) is 6.44. The van der Waals surface area contributed by atoms with Crippen LogP contribution in [0.25, 0.3) is 0 Å². The fourth-order valence-corrected chi connectivity index (χ4v) is 3.04. The van der Waals surface area contributed by atoms with Gasteiger partial charge in [0.1, 0.15) is 5.75 Å². The summed E-state index contributed by atoms with van der Waals surface area (Å²) in [6.45, 7) is 2.83. The first-order valence-corrected chi connectivity index (χ1v) is 8.54. The average molecular weight is 332 g/mol. The van der Waals surface area contributed by atoms with Gasteiger partial charge in [-0.1, -0.05) is 31.9 Å². The summed E-state index contributed by atoms with van der Waals surface area (Å²) in [7, 11) is 1.79. The number of amides is 1. The minimum atomic E-state index is -0.482. The molecule has 1 aliphatic carbocycles. The van der Waals surface area contributed by atoms with Gasteiger partial charge in [-0.15, -0.1) is 0 Å². The molecule has 1 saturated carbocycles. The highest BCUT2D eigenvalue weighted by molar-refractivity contribution is 5.80. The highest BCUT2D eigenvalue weighted by Gasteiger charge is 2.19. The molecule has 2 rings (SSSR count). The van der Waals surface area contributed by atoms with E-state index >= 15 is 0 Å². The van der Waals surface area contributed by atoms with Crippen LogP contribution in [0.1, 0.15) is 38.2 Å². The number of rotatable bonds is 6. The quantitative estimate of drug-likeness (QED) is 0.547. The Kier molecular flexibility index (Phi) is 6.90. The topological polar surface area (TPSA) is 88.7 Å². The van der Waals surface area contributed by atoms with Crippen molar-refractivity contribution in [3.05, 3.63) is 29.8 Å². The van der Waals surface area contributed by atoms with Crippen LogP contribution in [0.15, 0.2) is 29.3 Å². The van der Waals surface area contributed by atoms with Crippen molar-refractivity contribution in [3.8, 4) is 5.75 Å². The zero-order chi connectivity index (χ0) is 17.4. The Balaban J connectivity index is 1.84. The highest BCUT2D eigenvalue weighted by Crippen LogP contribution is 2.23. The summed E-state index contributed by atoms with van der Waals surface area (Å²) in [5.41, 5.74) is 6.15. The smallest absolute Gasteiger partial charge is 0.255 e. The summed E-state index contributed by atoms with van der Waals surface area (Å²) >= 11 is 0. The van der Waals surface area contributed by atoms with Crippen LogP contribution in [0.4, 0.5) is 0 Å². The van der Waals surface area contributed by atoms with Gasteiger partial charge in [0.15, 0.2) is 12.6 Å². The number of primary amides is 1. The molecule has 0 heterocycles. The van der Waals surface area contributed by atoms with Gasteiger partial charge in [-0.2, -0.15) is 0 Å². The lowest BCUT2D eigenvalue weighted by atomic mass is 9.87. The van der Waals surface area contributed by atoms with Crippen LogP contribution in [0, 0.1) is 5.92 Å². The van der Waals surface area contributed by atoms with Gasteiger partial charge in [-0.3, -0.25) is 9.79 Å². The lowest BCUT2D eigenvalue weighted by Crippen LogP contribution is -2.44. The van der Waals surface area contributed by atoms with Gasteiger partial charge in [0.2, 0.25) is 0 Å². The Morgan fingerprint density at radius 1 is 1.42 bits per heavy atom. The van der Waals surface area contributed by atoms with Gasteiger partial charge >= 0.3 is 0 Å². The number of benzene rings is 1. The van der Waals surface area contributed by atoms with E-state index in [2.05, 4.69) is 22.5 Å². The van der Waals surface area contributed by atoms with E-state index < -0.39 is 5.91 Å². The molecule has 1 aromatic carbocycles. The number of aliphatic imine (C=N–C) groups is 1. The lowest BCUT2D eigenvalue weighted by molar-refractivity contribution is -0.119. The maximum atomic E-state index is 10.8. The Morgan fingerprint density at radius 2 is 2.25 bits per heavy atom. The first-order valence-electron chi connectivity index (χ1n) is 8.54. The molecule has 6 nitrogen and oxygen atoms in total. The molecule has 1 fully saturated rings. The zero-order valence-corrected chi connectivity index (χ0v) is 14.5. The second-order valence-corrected chi connectivity index (χ2v) is 6.44. The van der Waals surface area contributed by atoms with Gasteiger partial charge in [0, 0.05) is 19.6 Å². The molecule has 0 bridgehead atoms. The van der Waals surface area contributed by atoms with Crippen LogP contribution in [0.2, 0.25) is 0 Å². The number of nitrogens with one attached hydrogen (secondary N) is 2. The minimum absolute atomic E-state index is 0.111. The normalized spacial score (nSPS) is 21.2. The number of carbonyl (C=O) groups excluding carboxylic acids is 1. The van der Waals surface area contributed by atoms with E-state index in [1.54, 1.807) is 7.05 Å². The van der Waals surface area contributed by atoms with Crippen molar-refractivity contribution in [1.82, 2.24) is 10.6 Å². The van der Waals surface area contributed by atoms with Crippen molar-refractivity contribution < 1.29 is 9.53 Å². The molecular weight excluding hydrogens is 304 g/mol. The molecule has 2 unspecified atom stereocenters. The summed E-state index contributed by atoms with van der Waals surface area (Å²) in [5.74, 6) is 1.74. The maximum absolute atomic E-state index is 10.8. The molecule has 0 aromatic heterocycles. The monoisotopic (exact) mass is 332 g/mol. The van der Waals surface area contributed by atoms with Crippen LogP contribution in [0.5, 0.6) is 5.75 Å². The van der Waals surface area contributed by atoms with Crippen LogP contribution >= 0.6 is 0 Å². The van der Waals surface area contributed by atoms with Gasteiger partial charge in [0.25, 0.3) is 5.91 Å². The maximum Gasteiger partial charge on any atom is 0.255 e. The molecule has 0 aliphatic heterocycles. The van der Waals surface area contributed by atoms with Crippen molar-refractivity contribution in [3.63, 3.8) is 0 Å². The fourth-order valence-electron chi connectivity index (χ4n) is 3.04. The third kappa shape index (κ3) is 6.10. The highest BCUT2D eigenvalue weighted by atomic mass is 16.5. The SMILES string of the molecule is CN=C(NCc1cccc(OCC(N)=O)c1)NC1CCCC(C)C1. The van der Waals surface area contributed by atoms with Crippen LogP contribution < -0.4 is 21.1 Å². The predicted molar refractivity (Wildman–Crippen MR) is 95.9 cm³/mol. The summed E-state index contributed by atoms with van der Waals surface area (Å²) in [4.78, 5) is 15.1. The van der Waals surface area contributed by atoms with Gasteiger partial charge < -0.3 is 21.1 Å². The first kappa shape index (κ1) is 18.1. The Morgan fingerprint density at radius 3 is 2.96 bits per heavy atom. The van der Waals surface area contributed by atoms with E-state index in [9.17, 15) is 4.79 Å². The molecular formula is C18H28N4O2.